The van der Waals surface area contributed by atoms with Gasteiger partial charge in [0.05, 0.1) is 4.92 Å². The van der Waals surface area contributed by atoms with Crippen molar-refractivity contribution in [2.75, 3.05) is 6.61 Å². The summed E-state index contributed by atoms with van der Waals surface area (Å²) in [6.07, 6.45) is 3.38. The van der Waals surface area contributed by atoms with Gasteiger partial charge in [-0.3, -0.25) is 10.1 Å². The van der Waals surface area contributed by atoms with E-state index in [1.54, 1.807) is 12.3 Å². The van der Waals surface area contributed by atoms with Gasteiger partial charge in [-0.25, -0.2) is 9.97 Å². The molecule has 2 heterocycles. The summed E-state index contributed by atoms with van der Waals surface area (Å²) in [6, 6.07) is 4.36. The summed E-state index contributed by atoms with van der Waals surface area (Å²) in [6.45, 7) is 4.84. The van der Waals surface area contributed by atoms with E-state index in [9.17, 15) is 10.1 Å². The highest BCUT2D eigenvalue weighted by atomic mass is 16.6. The molecule has 2 aromatic heterocycles. The number of imidazole rings is 1. The Morgan fingerprint density at radius 1 is 1.48 bits per heavy atom. The lowest BCUT2D eigenvalue weighted by molar-refractivity contribution is -0.384. The molecule has 0 saturated carbocycles. The Bertz CT molecular complexity index is 839. The van der Waals surface area contributed by atoms with Crippen LogP contribution >= 0.6 is 0 Å². The van der Waals surface area contributed by atoms with Crippen LogP contribution in [-0.2, 0) is 11.3 Å². The van der Waals surface area contributed by atoms with Crippen molar-refractivity contribution < 1.29 is 14.1 Å². The molecule has 8 nitrogen and oxygen atoms in total. The Hall–Kier alpha value is -2.74. The standard InChI is InChI=1S/C15H16N4O4/c1-3-22-10(2)15-16-6-7-18(15)9-14-17-12-8-11(19(20)21)4-5-13(12)23-14/h4-8,10H,3,9H2,1-2H3. The zero-order valence-corrected chi connectivity index (χ0v) is 12.8. The van der Waals surface area contributed by atoms with Crippen LogP contribution in [0.3, 0.4) is 0 Å². The van der Waals surface area contributed by atoms with Gasteiger partial charge in [-0.1, -0.05) is 0 Å². The molecule has 0 spiro atoms. The zero-order valence-electron chi connectivity index (χ0n) is 12.8. The van der Waals surface area contributed by atoms with E-state index in [1.165, 1.54) is 12.1 Å². The molecule has 0 aliphatic rings. The van der Waals surface area contributed by atoms with Crippen molar-refractivity contribution in [2.45, 2.75) is 26.5 Å². The number of aromatic nitrogens is 3. The first-order chi connectivity index (χ1) is 11.1. The number of nitro groups is 1. The summed E-state index contributed by atoms with van der Waals surface area (Å²) in [4.78, 5) is 19.0. The number of fused-ring (bicyclic) bond motifs is 1. The SMILES string of the molecule is CCOC(C)c1nccn1Cc1nc2cc([N+](=O)[O-])ccc2o1. The minimum Gasteiger partial charge on any atom is -0.439 e. The smallest absolute Gasteiger partial charge is 0.271 e. The van der Waals surface area contributed by atoms with E-state index in [0.29, 0.717) is 30.1 Å². The minimum absolute atomic E-state index is 0.00867. The molecule has 120 valence electrons. The Labute approximate surface area is 131 Å². The van der Waals surface area contributed by atoms with Crippen molar-refractivity contribution in [3.63, 3.8) is 0 Å². The molecule has 1 atom stereocenters. The van der Waals surface area contributed by atoms with Gasteiger partial charge in [-0.15, -0.1) is 0 Å². The normalized spacial score (nSPS) is 12.6. The molecule has 0 bridgehead atoms. The largest absolute Gasteiger partial charge is 0.439 e. The average molecular weight is 316 g/mol. The second kappa shape index (κ2) is 6.17. The van der Waals surface area contributed by atoms with Crippen LogP contribution in [0.1, 0.15) is 31.7 Å². The maximum atomic E-state index is 10.8. The van der Waals surface area contributed by atoms with Crippen LogP contribution in [0.25, 0.3) is 11.1 Å². The third-order valence-corrected chi connectivity index (χ3v) is 3.46. The molecule has 0 N–H and O–H groups in total. The van der Waals surface area contributed by atoms with Crippen LogP contribution in [0.2, 0.25) is 0 Å². The Balaban J connectivity index is 1.87. The van der Waals surface area contributed by atoms with E-state index >= 15 is 0 Å². The van der Waals surface area contributed by atoms with Gasteiger partial charge in [0.15, 0.2) is 5.58 Å². The second-order valence-electron chi connectivity index (χ2n) is 5.03. The monoisotopic (exact) mass is 316 g/mol. The van der Waals surface area contributed by atoms with Crippen molar-refractivity contribution >= 4 is 16.8 Å². The van der Waals surface area contributed by atoms with Crippen LogP contribution in [0.5, 0.6) is 0 Å². The first kappa shape index (κ1) is 15.2. The van der Waals surface area contributed by atoms with Crippen molar-refractivity contribution in [1.29, 1.82) is 0 Å². The molecule has 0 saturated heterocycles. The van der Waals surface area contributed by atoms with Crippen LogP contribution < -0.4 is 0 Å². The number of oxazole rings is 1. The predicted molar refractivity (Wildman–Crippen MR) is 82.0 cm³/mol. The zero-order chi connectivity index (χ0) is 16.4. The van der Waals surface area contributed by atoms with Gasteiger partial charge in [0.1, 0.15) is 24.0 Å². The van der Waals surface area contributed by atoms with Crippen LogP contribution in [0, 0.1) is 10.1 Å². The van der Waals surface area contributed by atoms with Gasteiger partial charge in [0.2, 0.25) is 5.89 Å². The van der Waals surface area contributed by atoms with E-state index in [-0.39, 0.29) is 11.8 Å². The Kier molecular flexibility index (Phi) is 4.07. The van der Waals surface area contributed by atoms with Crippen LogP contribution in [0.15, 0.2) is 35.0 Å². The first-order valence-electron chi connectivity index (χ1n) is 7.25. The predicted octanol–water partition coefficient (Wildman–Crippen LogP) is 3.08. The molecule has 0 aliphatic heterocycles. The lowest BCUT2D eigenvalue weighted by Gasteiger charge is -2.12. The van der Waals surface area contributed by atoms with Crippen molar-refractivity contribution in [3.8, 4) is 0 Å². The molecule has 0 aliphatic carbocycles. The molecule has 1 unspecified atom stereocenters. The summed E-state index contributed by atoms with van der Waals surface area (Å²) >= 11 is 0. The first-order valence-corrected chi connectivity index (χ1v) is 7.25. The number of benzene rings is 1. The number of nitro benzene ring substituents is 1. The van der Waals surface area contributed by atoms with E-state index in [0.717, 1.165) is 5.82 Å². The van der Waals surface area contributed by atoms with Crippen molar-refractivity contribution in [1.82, 2.24) is 14.5 Å². The number of non-ortho nitro benzene ring substituents is 1. The second-order valence-corrected chi connectivity index (χ2v) is 5.03. The summed E-state index contributed by atoms with van der Waals surface area (Å²) in [5.74, 6) is 1.24. The molecule has 0 radical (unpaired) electrons. The number of rotatable bonds is 6. The maximum absolute atomic E-state index is 10.8. The number of ether oxygens (including phenoxy) is 1. The number of nitrogens with zero attached hydrogens (tertiary/aromatic N) is 4. The maximum Gasteiger partial charge on any atom is 0.271 e. The minimum atomic E-state index is -0.453. The molecule has 3 rings (SSSR count). The van der Waals surface area contributed by atoms with Gasteiger partial charge in [0.25, 0.3) is 5.69 Å². The Morgan fingerprint density at radius 2 is 2.30 bits per heavy atom. The molecular formula is C15H16N4O4. The third-order valence-electron chi connectivity index (χ3n) is 3.46. The van der Waals surface area contributed by atoms with Crippen molar-refractivity contribution in [3.05, 3.63) is 52.4 Å². The molecular weight excluding hydrogens is 300 g/mol. The highest BCUT2D eigenvalue weighted by molar-refractivity contribution is 5.75. The van der Waals surface area contributed by atoms with Gasteiger partial charge >= 0.3 is 0 Å². The fourth-order valence-electron chi connectivity index (χ4n) is 2.43. The van der Waals surface area contributed by atoms with Gasteiger partial charge < -0.3 is 13.7 Å². The third kappa shape index (κ3) is 3.07. The highest BCUT2D eigenvalue weighted by Gasteiger charge is 2.15. The summed E-state index contributed by atoms with van der Waals surface area (Å²) < 4.78 is 13.1. The molecule has 0 fully saturated rings. The quantitative estimate of drug-likeness (QED) is 0.512. The Morgan fingerprint density at radius 3 is 3.04 bits per heavy atom. The lowest BCUT2D eigenvalue weighted by atomic mass is 10.3. The molecule has 3 aromatic rings. The number of hydrogen-bond acceptors (Lipinski definition) is 6. The lowest BCUT2D eigenvalue weighted by Crippen LogP contribution is -2.10. The van der Waals surface area contributed by atoms with E-state index < -0.39 is 4.92 Å². The molecule has 23 heavy (non-hydrogen) atoms. The molecule has 1 aromatic carbocycles. The van der Waals surface area contributed by atoms with Gasteiger partial charge in [0, 0.05) is 31.1 Å². The fraction of sp³-hybridized carbons (Fsp3) is 0.333. The summed E-state index contributed by atoms with van der Waals surface area (Å²) in [7, 11) is 0. The highest BCUT2D eigenvalue weighted by Crippen LogP contribution is 2.22. The van der Waals surface area contributed by atoms with Gasteiger partial charge in [-0.2, -0.15) is 0 Å². The summed E-state index contributed by atoms with van der Waals surface area (Å²) in [5.41, 5.74) is 0.976. The van der Waals surface area contributed by atoms with Crippen LogP contribution in [0.4, 0.5) is 5.69 Å². The topological polar surface area (TPSA) is 96.2 Å². The van der Waals surface area contributed by atoms with E-state index in [4.69, 9.17) is 9.15 Å². The van der Waals surface area contributed by atoms with Crippen molar-refractivity contribution in [2.24, 2.45) is 0 Å². The molecule has 0 amide bonds. The van der Waals surface area contributed by atoms with E-state index in [1.807, 2.05) is 24.6 Å². The average Bonchev–Trinajstić information content (AvgIpc) is 3.12. The van der Waals surface area contributed by atoms with Gasteiger partial charge in [-0.05, 0) is 19.9 Å². The van der Waals surface area contributed by atoms with Crippen LogP contribution in [-0.4, -0.2) is 26.1 Å². The number of hydrogen-bond donors (Lipinski definition) is 0. The molecule has 8 heteroatoms. The fourth-order valence-corrected chi connectivity index (χ4v) is 2.43. The summed E-state index contributed by atoms with van der Waals surface area (Å²) in [5, 5.41) is 10.8. The van der Waals surface area contributed by atoms with E-state index in [2.05, 4.69) is 9.97 Å².